The zero-order chi connectivity index (χ0) is 15.5. The lowest BCUT2D eigenvalue weighted by Crippen LogP contribution is -2.41. The third kappa shape index (κ3) is 3.51. The van der Waals surface area contributed by atoms with Gasteiger partial charge >= 0.3 is 0 Å². The Balaban J connectivity index is 1.54. The molecule has 3 rings (SSSR count). The van der Waals surface area contributed by atoms with Crippen LogP contribution in [0.5, 0.6) is 0 Å². The molecule has 1 saturated heterocycles. The third-order valence-corrected chi connectivity index (χ3v) is 5.07. The van der Waals surface area contributed by atoms with Crippen molar-refractivity contribution < 1.29 is 9.53 Å². The van der Waals surface area contributed by atoms with Crippen LogP contribution in [0.15, 0.2) is 18.5 Å². The van der Waals surface area contributed by atoms with Crippen molar-refractivity contribution in [2.24, 2.45) is 0 Å². The summed E-state index contributed by atoms with van der Waals surface area (Å²) in [4.78, 5) is 15.3. The van der Waals surface area contributed by atoms with Crippen molar-refractivity contribution in [3.05, 3.63) is 23.3 Å². The average Bonchev–Trinajstić information content (AvgIpc) is 3.06. The van der Waals surface area contributed by atoms with Gasteiger partial charge in [0.05, 0.1) is 22.8 Å². The fraction of sp³-hybridized carbons (Fsp3) is 0.562. The zero-order valence-electron chi connectivity index (χ0n) is 13.2. The van der Waals surface area contributed by atoms with E-state index in [1.54, 1.807) is 11.3 Å². The zero-order valence-corrected chi connectivity index (χ0v) is 14.0. The number of nitrogens with zero attached hydrogens (tertiary/aromatic N) is 2. The van der Waals surface area contributed by atoms with Gasteiger partial charge in [0.2, 0.25) is 0 Å². The van der Waals surface area contributed by atoms with Gasteiger partial charge in [0, 0.05) is 50.0 Å². The molecule has 22 heavy (non-hydrogen) atoms. The fourth-order valence-corrected chi connectivity index (χ4v) is 3.60. The van der Waals surface area contributed by atoms with Gasteiger partial charge in [-0.3, -0.25) is 9.69 Å². The second-order valence-electron chi connectivity index (χ2n) is 5.94. The van der Waals surface area contributed by atoms with Gasteiger partial charge in [0.1, 0.15) is 0 Å². The summed E-state index contributed by atoms with van der Waals surface area (Å²) >= 11 is 1.56. The molecule has 5 nitrogen and oxygen atoms in total. The van der Waals surface area contributed by atoms with Crippen LogP contribution in [-0.2, 0) is 4.74 Å². The molecule has 0 radical (unpaired) electrons. The minimum Gasteiger partial charge on any atom is -0.379 e. The van der Waals surface area contributed by atoms with Crippen LogP contribution >= 0.6 is 11.3 Å². The van der Waals surface area contributed by atoms with Crippen molar-refractivity contribution in [1.82, 2.24) is 14.8 Å². The number of rotatable bonds is 5. The summed E-state index contributed by atoms with van der Waals surface area (Å²) in [5.74, 6) is 0.0329. The molecule has 0 spiro atoms. The molecule has 0 saturated carbocycles. The van der Waals surface area contributed by atoms with E-state index >= 15 is 0 Å². The molecule has 0 aliphatic carbocycles. The number of amides is 1. The number of carbonyl (C=O) groups excluding carboxylic acids is 1. The van der Waals surface area contributed by atoms with Crippen LogP contribution in [0.4, 0.5) is 0 Å². The maximum atomic E-state index is 12.2. The molecule has 1 N–H and O–H groups in total. The molecule has 1 amide bonds. The van der Waals surface area contributed by atoms with E-state index in [1.165, 1.54) is 4.70 Å². The monoisotopic (exact) mass is 321 g/mol. The largest absolute Gasteiger partial charge is 0.379 e. The number of hydrogen-bond acceptors (Lipinski definition) is 4. The van der Waals surface area contributed by atoms with Gasteiger partial charge in [-0.15, -0.1) is 11.3 Å². The van der Waals surface area contributed by atoms with Gasteiger partial charge in [0.25, 0.3) is 5.91 Å². The van der Waals surface area contributed by atoms with Crippen LogP contribution < -0.4 is 5.32 Å². The van der Waals surface area contributed by atoms with Gasteiger partial charge in [-0.05, 0) is 19.9 Å². The normalized spacial score (nSPS) is 16.5. The number of aromatic nitrogens is 1. The number of ether oxygens (including phenoxy) is 1. The smallest absolute Gasteiger partial charge is 0.261 e. The molecule has 1 aliphatic rings. The summed E-state index contributed by atoms with van der Waals surface area (Å²) in [6.45, 7) is 9.39. The highest BCUT2D eigenvalue weighted by molar-refractivity contribution is 7.20. The molecule has 6 heteroatoms. The lowest BCUT2D eigenvalue weighted by Gasteiger charge is -2.26. The Kier molecular flexibility index (Phi) is 4.81. The van der Waals surface area contributed by atoms with Crippen LogP contribution in [0.3, 0.4) is 0 Å². The van der Waals surface area contributed by atoms with E-state index in [0.717, 1.165) is 43.1 Å². The summed E-state index contributed by atoms with van der Waals surface area (Å²) in [5.41, 5.74) is 0. The molecular formula is C16H23N3O2S. The molecule has 2 aromatic rings. The van der Waals surface area contributed by atoms with Gasteiger partial charge in [-0.1, -0.05) is 0 Å². The summed E-state index contributed by atoms with van der Waals surface area (Å²) < 4.78 is 8.67. The lowest BCUT2D eigenvalue weighted by molar-refractivity contribution is 0.0383. The first-order valence-electron chi connectivity index (χ1n) is 7.83. The number of morpholine rings is 1. The second-order valence-corrected chi connectivity index (χ2v) is 7.02. The topological polar surface area (TPSA) is 46.5 Å². The highest BCUT2D eigenvalue weighted by atomic mass is 32.1. The standard InChI is InChI=1S/C16H23N3O2S/c1-12(2)19-10-13-9-14(22-15(13)11-19)16(20)17-3-4-18-5-7-21-8-6-18/h9-12H,3-8H2,1-2H3,(H,17,20). The van der Waals surface area contributed by atoms with E-state index in [2.05, 4.69) is 41.0 Å². The minimum absolute atomic E-state index is 0.0329. The molecule has 120 valence electrons. The van der Waals surface area contributed by atoms with Crippen molar-refractivity contribution in [1.29, 1.82) is 0 Å². The SMILES string of the molecule is CC(C)n1cc2cc(C(=O)NCCN3CCOCC3)sc2c1. The second kappa shape index (κ2) is 6.81. The number of carbonyl (C=O) groups is 1. The van der Waals surface area contributed by atoms with E-state index in [1.807, 2.05) is 6.07 Å². The van der Waals surface area contributed by atoms with Gasteiger partial charge in [-0.2, -0.15) is 0 Å². The highest BCUT2D eigenvalue weighted by Crippen LogP contribution is 2.27. The molecule has 3 heterocycles. The molecular weight excluding hydrogens is 298 g/mol. The quantitative estimate of drug-likeness (QED) is 0.919. The van der Waals surface area contributed by atoms with E-state index < -0.39 is 0 Å². The molecule has 0 unspecified atom stereocenters. The third-order valence-electron chi connectivity index (χ3n) is 3.98. The van der Waals surface area contributed by atoms with E-state index in [0.29, 0.717) is 12.6 Å². The van der Waals surface area contributed by atoms with E-state index in [-0.39, 0.29) is 5.91 Å². The molecule has 0 bridgehead atoms. The number of fused-ring (bicyclic) bond motifs is 1. The van der Waals surface area contributed by atoms with Crippen molar-refractivity contribution in [3.63, 3.8) is 0 Å². The number of thiophene rings is 1. The Bertz CT molecular complexity index is 609. The van der Waals surface area contributed by atoms with Crippen LogP contribution in [-0.4, -0.2) is 54.8 Å². The molecule has 1 fully saturated rings. The number of hydrogen-bond donors (Lipinski definition) is 1. The first-order chi connectivity index (χ1) is 10.6. The first kappa shape index (κ1) is 15.5. The average molecular weight is 321 g/mol. The Morgan fingerprint density at radius 1 is 1.36 bits per heavy atom. The molecule has 0 atom stereocenters. The molecule has 2 aromatic heterocycles. The molecule has 1 aliphatic heterocycles. The Hall–Kier alpha value is -1.37. The highest BCUT2D eigenvalue weighted by Gasteiger charge is 2.14. The maximum Gasteiger partial charge on any atom is 0.261 e. The Morgan fingerprint density at radius 3 is 2.82 bits per heavy atom. The maximum absolute atomic E-state index is 12.2. The van der Waals surface area contributed by atoms with Gasteiger partial charge < -0.3 is 14.6 Å². The van der Waals surface area contributed by atoms with E-state index in [4.69, 9.17) is 4.74 Å². The first-order valence-corrected chi connectivity index (χ1v) is 8.64. The summed E-state index contributed by atoms with van der Waals surface area (Å²) in [7, 11) is 0. The van der Waals surface area contributed by atoms with Crippen LogP contribution in [0.25, 0.3) is 10.1 Å². The number of nitrogens with one attached hydrogen (secondary N) is 1. The van der Waals surface area contributed by atoms with Crippen molar-refractivity contribution in [3.8, 4) is 0 Å². The van der Waals surface area contributed by atoms with Gasteiger partial charge in [0.15, 0.2) is 0 Å². The summed E-state index contributed by atoms with van der Waals surface area (Å²) in [6.07, 6.45) is 4.23. The minimum atomic E-state index is 0.0329. The van der Waals surface area contributed by atoms with Crippen LogP contribution in [0.2, 0.25) is 0 Å². The Morgan fingerprint density at radius 2 is 2.14 bits per heavy atom. The fourth-order valence-electron chi connectivity index (χ4n) is 2.60. The van der Waals surface area contributed by atoms with E-state index in [9.17, 15) is 4.79 Å². The van der Waals surface area contributed by atoms with Crippen molar-refractivity contribution in [2.75, 3.05) is 39.4 Å². The van der Waals surface area contributed by atoms with Crippen molar-refractivity contribution >= 4 is 27.3 Å². The lowest BCUT2D eigenvalue weighted by atomic mass is 10.3. The predicted octanol–water partition coefficient (Wildman–Crippen LogP) is 2.35. The van der Waals surface area contributed by atoms with Crippen LogP contribution in [0, 0.1) is 0 Å². The summed E-state index contributed by atoms with van der Waals surface area (Å²) in [6, 6.07) is 2.44. The van der Waals surface area contributed by atoms with Crippen molar-refractivity contribution in [2.45, 2.75) is 19.9 Å². The van der Waals surface area contributed by atoms with Gasteiger partial charge in [-0.25, -0.2) is 0 Å². The molecule has 0 aromatic carbocycles. The Labute approximate surface area is 134 Å². The van der Waals surface area contributed by atoms with Crippen LogP contribution in [0.1, 0.15) is 29.6 Å². The predicted molar refractivity (Wildman–Crippen MR) is 89.8 cm³/mol. The summed E-state index contributed by atoms with van der Waals surface area (Å²) in [5, 5.41) is 4.17.